The highest BCUT2D eigenvalue weighted by molar-refractivity contribution is 9.10. The summed E-state index contributed by atoms with van der Waals surface area (Å²) >= 11 is 3.45. The topological polar surface area (TPSA) is 114 Å². The predicted molar refractivity (Wildman–Crippen MR) is 169 cm³/mol. The van der Waals surface area contributed by atoms with Crippen LogP contribution in [-0.4, -0.2) is 64.6 Å². The van der Waals surface area contributed by atoms with Crippen LogP contribution in [0.2, 0.25) is 0 Å². The molecule has 0 heterocycles. The number of sulfonamides is 1. The van der Waals surface area contributed by atoms with Gasteiger partial charge in [-0.25, -0.2) is 8.42 Å². The van der Waals surface area contributed by atoms with Gasteiger partial charge in [0.1, 0.15) is 18.3 Å². The second-order valence-electron chi connectivity index (χ2n) is 9.95. The Labute approximate surface area is 262 Å². The standard InChI is InChI=1S/C31H38BrN3O7S/c1-7-42-26-13-11-25(12-14-26)35(43(38,39)27-15-16-28(40-5)29(18-27)41-6)20-30(36)34(22(4)31(37)33-21(2)3)19-23-9-8-10-24(32)17-23/h8-18,21-22H,7,19-20H2,1-6H3,(H,33,37). The van der Waals surface area contributed by atoms with Gasteiger partial charge in [0, 0.05) is 23.1 Å². The summed E-state index contributed by atoms with van der Waals surface area (Å²) in [5, 5.41) is 2.84. The first-order valence-corrected chi connectivity index (χ1v) is 16.0. The van der Waals surface area contributed by atoms with E-state index >= 15 is 0 Å². The van der Waals surface area contributed by atoms with Crippen molar-refractivity contribution in [2.75, 3.05) is 31.7 Å². The maximum atomic E-state index is 14.2. The average molecular weight is 677 g/mol. The van der Waals surface area contributed by atoms with Crippen molar-refractivity contribution in [1.29, 1.82) is 0 Å². The van der Waals surface area contributed by atoms with Crippen molar-refractivity contribution in [3.63, 3.8) is 0 Å². The molecule has 1 atom stereocenters. The molecule has 2 amide bonds. The lowest BCUT2D eigenvalue weighted by molar-refractivity contribution is -0.139. The average Bonchev–Trinajstić information content (AvgIpc) is 2.98. The van der Waals surface area contributed by atoms with Gasteiger partial charge in [-0.1, -0.05) is 28.1 Å². The van der Waals surface area contributed by atoms with Crippen LogP contribution < -0.4 is 23.8 Å². The van der Waals surface area contributed by atoms with Gasteiger partial charge in [0.15, 0.2) is 11.5 Å². The lowest BCUT2D eigenvalue weighted by atomic mass is 10.1. The van der Waals surface area contributed by atoms with E-state index in [1.165, 1.54) is 37.3 Å². The van der Waals surface area contributed by atoms with E-state index in [9.17, 15) is 18.0 Å². The molecule has 232 valence electrons. The Morgan fingerprint density at radius 2 is 1.60 bits per heavy atom. The molecule has 3 aromatic carbocycles. The van der Waals surface area contributed by atoms with E-state index in [1.807, 2.05) is 45.0 Å². The Hall–Kier alpha value is -3.77. The van der Waals surface area contributed by atoms with E-state index in [0.29, 0.717) is 18.1 Å². The Kier molecular flexibility index (Phi) is 11.8. The second-order valence-corrected chi connectivity index (χ2v) is 12.7. The number of carbonyl (C=O) groups is 2. The number of anilines is 1. The molecule has 0 bridgehead atoms. The van der Waals surface area contributed by atoms with Crippen molar-refractivity contribution in [2.24, 2.45) is 0 Å². The second kappa shape index (κ2) is 15.1. The molecule has 1 unspecified atom stereocenters. The monoisotopic (exact) mass is 675 g/mol. The normalized spacial score (nSPS) is 11.9. The molecule has 0 fully saturated rings. The van der Waals surface area contributed by atoms with Crippen molar-refractivity contribution < 1.29 is 32.2 Å². The molecular formula is C31H38BrN3O7S. The molecule has 1 N–H and O–H groups in total. The van der Waals surface area contributed by atoms with Crippen molar-refractivity contribution in [3.05, 3.63) is 76.8 Å². The zero-order chi connectivity index (χ0) is 31.7. The zero-order valence-electron chi connectivity index (χ0n) is 25.2. The van der Waals surface area contributed by atoms with E-state index in [0.717, 1.165) is 14.3 Å². The number of amides is 2. The first-order valence-electron chi connectivity index (χ1n) is 13.7. The fourth-order valence-electron chi connectivity index (χ4n) is 4.33. The van der Waals surface area contributed by atoms with Gasteiger partial charge in [-0.2, -0.15) is 0 Å². The Bertz CT molecular complexity index is 1510. The molecule has 12 heteroatoms. The number of nitrogens with zero attached hydrogens (tertiary/aromatic N) is 2. The van der Waals surface area contributed by atoms with E-state index in [2.05, 4.69) is 21.2 Å². The zero-order valence-corrected chi connectivity index (χ0v) is 27.6. The van der Waals surface area contributed by atoms with Crippen LogP contribution >= 0.6 is 15.9 Å². The highest BCUT2D eigenvalue weighted by Gasteiger charge is 2.33. The van der Waals surface area contributed by atoms with Crippen LogP contribution in [0.15, 0.2) is 76.1 Å². The predicted octanol–water partition coefficient (Wildman–Crippen LogP) is 5.00. The van der Waals surface area contributed by atoms with Crippen LogP contribution in [0.3, 0.4) is 0 Å². The molecule has 0 saturated heterocycles. The fraction of sp³-hybridized carbons (Fsp3) is 0.355. The number of methoxy groups -OCH3 is 2. The molecule has 0 spiro atoms. The van der Waals surface area contributed by atoms with Gasteiger partial charge in [-0.05, 0) is 81.8 Å². The van der Waals surface area contributed by atoms with Gasteiger partial charge in [-0.3, -0.25) is 13.9 Å². The quantitative estimate of drug-likeness (QED) is 0.256. The summed E-state index contributed by atoms with van der Waals surface area (Å²) in [6, 6.07) is 17.0. The lowest BCUT2D eigenvalue weighted by Crippen LogP contribution is -2.52. The number of rotatable bonds is 14. The molecular weight excluding hydrogens is 638 g/mol. The van der Waals surface area contributed by atoms with Crippen LogP contribution in [0, 0.1) is 0 Å². The summed E-state index contributed by atoms with van der Waals surface area (Å²) in [6.07, 6.45) is 0. The van der Waals surface area contributed by atoms with Crippen LogP contribution in [0.4, 0.5) is 5.69 Å². The minimum Gasteiger partial charge on any atom is -0.494 e. The lowest BCUT2D eigenvalue weighted by Gasteiger charge is -2.32. The Balaban J connectivity index is 2.08. The van der Waals surface area contributed by atoms with Gasteiger partial charge in [0.05, 0.1) is 31.4 Å². The fourth-order valence-corrected chi connectivity index (χ4v) is 6.20. The number of hydrogen-bond donors (Lipinski definition) is 1. The highest BCUT2D eigenvalue weighted by Crippen LogP contribution is 2.33. The summed E-state index contributed by atoms with van der Waals surface area (Å²) in [7, 11) is -1.45. The van der Waals surface area contributed by atoms with E-state index in [1.54, 1.807) is 31.2 Å². The first-order chi connectivity index (χ1) is 20.4. The molecule has 43 heavy (non-hydrogen) atoms. The van der Waals surface area contributed by atoms with Gasteiger partial charge < -0.3 is 24.4 Å². The summed E-state index contributed by atoms with van der Waals surface area (Å²) in [5.74, 6) is 0.210. The Morgan fingerprint density at radius 1 is 0.930 bits per heavy atom. The molecule has 0 saturated carbocycles. The van der Waals surface area contributed by atoms with Crippen molar-refractivity contribution in [2.45, 2.75) is 51.2 Å². The SMILES string of the molecule is CCOc1ccc(N(CC(=O)N(Cc2cccc(Br)c2)C(C)C(=O)NC(C)C)S(=O)(=O)c2ccc(OC)c(OC)c2)cc1. The molecule has 10 nitrogen and oxygen atoms in total. The molecule has 3 aromatic rings. The van der Waals surface area contributed by atoms with Crippen LogP contribution in [0.25, 0.3) is 0 Å². The first kappa shape index (κ1) is 33.7. The highest BCUT2D eigenvalue weighted by atomic mass is 79.9. The van der Waals surface area contributed by atoms with E-state index in [-0.39, 0.29) is 34.8 Å². The van der Waals surface area contributed by atoms with Gasteiger partial charge in [0.25, 0.3) is 10.0 Å². The third kappa shape index (κ3) is 8.64. The minimum atomic E-state index is -4.31. The van der Waals surface area contributed by atoms with Gasteiger partial charge in [-0.15, -0.1) is 0 Å². The number of carbonyl (C=O) groups excluding carboxylic acids is 2. The van der Waals surface area contributed by atoms with E-state index < -0.39 is 28.5 Å². The van der Waals surface area contributed by atoms with Gasteiger partial charge >= 0.3 is 0 Å². The number of benzene rings is 3. The largest absolute Gasteiger partial charge is 0.494 e. The number of halogens is 1. The van der Waals surface area contributed by atoms with Gasteiger partial charge in [0.2, 0.25) is 11.8 Å². The summed E-state index contributed by atoms with van der Waals surface area (Å²) in [6.45, 7) is 7.07. The van der Waals surface area contributed by atoms with Crippen LogP contribution in [0.5, 0.6) is 17.2 Å². The molecule has 0 aliphatic carbocycles. The number of ether oxygens (including phenoxy) is 3. The maximum Gasteiger partial charge on any atom is 0.264 e. The van der Waals surface area contributed by atoms with E-state index in [4.69, 9.17) is 14.2 Å². The van der Waals surface area contributed by atoms with Crippen LogP contribution in [-0.2, 0) is 26.2 Å². The smallest absolute Gasteiger partial charge is 0.264 e. The molecule has 0 aliphatic heterocycles. The third-order valence-corrected chi connectivity index (χ3v) is 8.76. The molecule has 0 aromatic heterocycles. The van der Waals surface area contributed by atoms with Crippen molar-refractivity contribution in [3.8, 4) is 17.2 Å². The number of nitrogens with one attached hydrogen (secondary N) is 1. The summed E-state index contributed by atoms with van der Waals surface area (Å²) in [5.41, 5.74) is 1.01. The molecule has 0 aliphatic rings. The van der Waals surface area contributed by atoms with Crippen molar-refractivity contribution in [1.82, 2.24) is 10.2 Å². The Morgan fingerprint density at radius 3 is 2.19 bits per heavy atom. The van der Waals surface area contributed by atoms with Crippen LogP contribution in [0.1, 0.15) is 33.3 Å². The maximum absolute atomic E-state index is 14.2. The molecule has 3 rings (SSSR count). The summed E-state index contributed by atoms with van der Waals surface area (Å²) in [4.78, 5) is 28.4. The molecule has 0 radical (unpaired) electrons. The number of hydrogen-bond acceptors (Lipinski definition) is 7. The summed E-state index contributed by atoms with van der Waals surface area (Å²) < 4.78 is 46.3. The third-order valence-electron chi connectivity index (χ3n) is 6.50. The van der Waals surface area contributed by atoms with Crippen molar-refractivity contribution >= 4 is 43.5 Å². The minimum absolute atomic E-state index is 0.0818.